The van der Waals surface area contributed by atoms with Gasteiger partial charge in [-0.15, -0.1) is 22.7 Å². The number of rotatable bonds is 4. The van der Waals surface area contributed by atoms with Crippen LogP contribution in [0.15, 0.2) is 47.2 Å². The van der Waals surface area contributed by atoms with Gasteiger partial charge in [0.05, 0.1) is 5.56 Å². The molecule has 3 aromatic rings. The Balaban J connectivity index is 2.31. The maximum atomic E-state index is 11.8. The van der Waals surface area contributed by atoms with Crippen molar-refractivity contribution in [2.45, 2.75) is 0 Å². The van der Waals surface area contributed by atoms with E-state index in [0.717, 1.165) is 9.75 Å². The number of hydrogen-bond donors (Lipinski definition) is 1. The van der Waals surface area contributed by atoms with Crippen LogP contribution in [-0.4, -0.2) is 16.3 Å². The Kier molecular flexibility index (Phi) is 4.11. The Morgan fingerprint density at radius 1 is 0.909 bits per heavy atom. The molecule has 0 radical (unpaired) electrons. The molecule has 0 spiro atoms. The van der Waals surface area contributed by atoms with Crippen molar-refractivity contribution in [2.75, 3.05) is 0 Å². The molecule has 0 aliphatic heterocycles. The maximum Gasteiger partial charge on any atom is 0.336 e. The number of halogens is 1. The van der Waals surface area contributed by atoms with Crippen molar-refractivity contribution in [2.24, 2.45) is 0 Å². The molecular weight excluding hydrogens is 340 g/mol. The highest BCUT2D eigenvalue weighted by Crippen LogP contribution is 2.36. The van der Waals surface area contributed by atoms with Crippen molar-refractivity contribution < 1.29 is 14.7 Å². The zero-order valence-electron chi connectivity index (χ0n) is 11.1. The van der Waals surface area contributed by atoms with E-state index in [9.17, 15) is 14.7 Å². The Morgan fingerprint density at radius 3 is 1.82 bits per heavy atom. The third-order valence-electron chi connectivity index (χ3n) is 3.17. The van der Waals surface area contributed by atoms with E-state index in [4.69, 9.17) is 11.6 Å². The van der Waals surface area contributed by atoms with Gasteiger partial charge in [0.25, 0.3) is 5.24 Å². The zero-order chi connectivity index (χ0) is 15.7. The standard InChI is InChI=1S/C16H9ClO3S2/c17-15(18)11-7-10(14-4-2-6-22-14)12(16(19)20)8-9(11)13-3-1-5-21-13/h1-8H,(H,19,20). The van der Waals surface area contributed by atoms with Gasteiger partial charge in [0.1, 0.15) is 0 Å². The highest BCUT2D eigenvalue weighted by molar-refractivity contribution is 7.14. The Bertz CT molecular complexity index is 765. The van der Waals surface area contributed by atoms with E-state index in [1.165, 1.54) is 28.7 Å². The summed E-state index contributed by atoms with van der Waals surface area (Å²) in [4.78, 5) is 25.0. The first-order valence-electron chi connectivity index (χ1n) is 6.27. The molecule has 0 atom stereocenters. The molecule has 2 heterocycles. The molecule has 110 valence electrons. The molecule has 1 N–H and O–H groups in total. The first kappa shape index (κ1) is 15.0. The van der Waals surface area contributed by atoms with E-state index >= 15 is 0 Å². The van der Waals surface area contributed by atoms with E-state index in [-0.39, 0.29) is 5.56 Å². The highest BCUT2D eigenvalue weighted by Gasteiger charge is 2.20. The molecule has 0 aliphatic carbocycles. The van der Waals surface area contributed by atoms with Crippen LogP contribution < -0.4 is 0 Å². The van der Waals surface area contributed by atoms with Crippen molar-refractivity contribution in [1.82, 2.24) is 0 Å². The average Bonchev–Trinajstić information content (AvgIpc) is 3.19. The molecule has 0 aliphatic rings. The summed E-state index contributed by atoms with van der Waals surface area (Å²) in [6, 6.07) is 10.4. The van der Waals surface area contributed by atoms with Crippen LogP contribution in [0.25, 0.3) is 20.9 Å². The second-order valence-electron chi connectivity index (χ2n) is 4.48. The summed E-state index contributed by atoms with van der Waals surface area (Å²) in [5.41, 5.74) is 1.53. The summed E-state index contributed by atoms with van der Waals surface area (Å²) in [6.45, 7) is 0. The number of carbonyl (C=O) groups excluding carboxylic acids is 1. The molecule has 0 saturated heterocycles. The molecular formula is C16H9ClO3S2. The van der Waals surface area contributed by atoms with Gasteiger partial charge in [-0.2, -0.15) is 0 Å². The number of hydrogen-bond acceptors (Lipinski definition) is 4. The fourth-order valence-corrected chi connectivity index (χ4v) is 3.88. The Hall–Kier alpha value is -1.95. The number of carboxylic acid groups (broad SMARTS) is 1. The van der Waals surface area contributed by atoms with Gasteiger partial charge in [-0.25, -0.2) is 4.79 Å². The minimum Gasteiger partial charge on any atom is -0.478 e. The molecule has 3 nitrogen and oxygen atoms in total. The van der Waals surface area contributed by atoms with Gasteiger partial charge >= 0.3 is 5.97 Å². The van der Waals surface area contributed by atoms with Gasteiger partial charge in [0, 0.05) is 26.4 Å². The van der Waals surface area contributed by atoms with Gasteiger partial charge in [-0.3, -0.25) is 4.79 Å². The van der Waals surface area contributed by atoms with Gasteiger partial charge in [0.15, 0.2) is 0 Å². The highest BCUT2D eigenvalue weighted by atomic mass is 35.5. The summed E-state index contributed by atoms with van der Waals surface area (Å²) in [5.74, 6) is -1.03. The number of benzene rings is 1. The molecule has 1 aromatic carbocycles. The van der Waals surface area contributed by atoms with Crippen molar-refractivity contribution in [3.8, 4) is 20.9 Å². The predicted octanol–water partition coefficient (Wildman–Crippen LogP) is 5.22. The smallest absolute Gasteiger partial charge is 0.336 e. The first-order valence-corrected chi connectivity index (χ1v) is 8.40. The molecule has 0 saturated carbocycles. The van der Waals surface area contributed by atoms with E-state index in [1.54, 1.807) is 6.07 Å². The molecule has 0 bridgehead atoms. The summed E-state index contributed by atoms with van der Waals surface area (Å²) in [7, 11) is 0. The third-order valence-corrected chi connectivity index (χ3v) is 5.18. The van der Waals surface area contributed by atoms with Crippen molar-refractivity contribution >= 4 is 45.5 Å². The van der Waals surface area contributed by atoms with Crippen molar-refractivity contribution in [3.63, 3.8) is 0 Å². The average molecular weight is 349 g/mol. The lowest BCUT2D eigenvalue weighted by molar-refractivity contribution is 0.0697. The van der Waals surface area contributed by atoms with E-state index in [0.29, 0.717) is 16.7 Å². The predicted molar refractivity (Wildman–Crippen MR) is 90.2 cm³/mol. The first-order chi connectivity index (χ1) is 10.6. The molecule has 0 amide bonds. The normalized spacial score (nSPS) is 10.6. The minimum atomic E-state index is -1.03. The fourth-order valence-electron chi connectivity index (χ4n) is 2.21. The van der Waals surface area contributed by atoms with Gasteiger partial charge < -0.3 is 5.11 Å². The molecule has 22 heavy (non-hydrogen) atoms. The maximum absolute atomic E-state index is 11.8. The zero-order valence-corrected chi connectivity index (χ0v) is 13.5. The van der Waals surface area contributed by atoms with Crippen LogP contribution in [0.2, 0.25) is 0 Å². The topological polar surface area (TPSA) is 54.4 Å². The van der Waals surface area contributed by atoms with Crippen molar-refractivity contribution in [1.29, 1.82) is 0 Å². The van der Waals surface area contributed by atoms with E-state index in [2.05, 4.69) is 0 Å². The quantitative estimate of drug-likeness (QED) is 0.657. The van der Waals surface area contributed by atoms with E-state index < -0.39 is 11.2 Å². The monoisotopic (exact) mass is 348 g/mol. The summed E-state index contributed by atoms with van der Waals surface area (Å²) >= 11 is 8.56. The molecule has 2 aromatic heterocycles. The number of carbonyl (C=O) groups is 2. The van der Waals surface area contributed by atoms with Crippen LogP contribution in [0.1, 0.15) is 20.7 Å². The van der Waals surface area contributed by atoms with Crippen molar-refractivity contribution in [3.05, 3.63) is 58.3 Å². The molecule has 3 rings (SSSR count). The third kappa shape index (κ3) is 2.70. The number of aromatic carboxylic acids is 1. The second kappa shape index (κ2) is 6.04. The molecule has 0 fully saturated rings. The SMILES string of the molecule is O=C(O)c1cc(-c2cccs2)c(C(=O)Cl)cc1-c1cccs1. The summed E-state index contributed by atoms with van der Waals surface area (Å²) in [5, 5.41) is 12.6. The lowest BCUT2D eigenvalue weighted by Crippen LogP contribution is -2.03. The number of thiophene rings is 2. The van der Waals surface area contributed by atoms with Gasteiger partial charge in [-0.1, -0.05) is 12.1 Å². The Morgan fingerprint density at radius 2 is 1.41 bits per heavy atom. The van der Waals surface area contributed by atoms with Crippen LogP contribution in [0.3, 0.4) is 0 Å². The van der Waals surface area contributed by atoms with Crippen LogP contribution in [0.4, 0.5) is 0 Å². The Labute approximate surface area is 139 Å². The fraction of sp³-hybridized carbons (Fsp3) is 0. The lowest BCUT2D eigenvalue weighted by atomic mass is 9.97. The van der Waals surface area contributed by atoms with Crippen LogP contribution >= 0.6 is 34.3 Å². The van der Waals surface area contributed by atoms with Gasteiger partial charge in [-0.05, 0) is 46.6 Å². The van der Waals surface area contributed by atoms with E-state index in [1.807, 2.05) is 35.0 Å². The van der Waals surface area contributed by atoms with Crippen LogP contribution in [0, 0.1) is 0 Å². The minimum absolute atomic E-state index is 0.160. The lowest BCUT2D eigenvalue weighted by Gasteiger charge is -2.11. The molecule has 6 heteroatoms. The molecule has 0 unspecified atom stereocenters. The summed E-state index contributed by atoms with van der Waals surface area (Å²) < 4.78 is 0. The largest absolute Gasteiger partial charge is 0.478 e. The van der Waals surface area contributed by atoms with Gasteiger partial charge in [0.2, 0.25) is 0 Å². The van der Waals surface area contributed by atoms with Crippen LogP contribution in [-0.2, 0) is 0 Å². The summed E-state index contributed by atoms with van der Waals surface area (Å²) in [6.07, 6.45) is 0. The second-order valence-corrected chi connectivity index (χ2v) is 6.72. The van der Waals surface area contributed by atoms with Crippen LogP contribution in [0.5, 0.6) is 0 Å². The number of carboxylic acids is 1.